The summed E-state index contributed by atoms with van der Waals surface area (Å²) < 4.78 is 28.6. The third-order valence-electron chi connectivity index (χ3n) is 6.31. The number of carbonyl (C=O) groups is 2. The molecule has 1 aromatic rings. The Morgan fingerprint density at radius 3 is 2.62 bits per heavy atom. The number of carboxylic acid groups (broad SMARTS) is 1. The quantitative estimate of drug-likeness (QED) is 0.474. The lowest BCUT2D eigenvalue weighted by molar-refractivity contribution is -0.117. The highest BCUT2D eigenvalue weighted by Gasteiger charge is 2.51. The summed E-state index contributed by atoms with van der Waals surface area (Å²) in [7, 11) is 0. The molecule has 1 aromatic carbocycles. The Kier molecular flexibility index (Phi) is 6.91. The van der Waals surface area contributed by atoms with Crippen molar-refractivity contribution in [2.75, 3.05) is 23.4 Å². The van der Waals surface area contributed by atoms with Gasteiger partial charge in [-0.2, -0.15) is 0 Å². The number of fused-ring (bicyclic) bond motifs is 1. The van der Waals surface area contributed by atoms with Crippen molar-refractivity contribution in [1.82, 2.24) is 5.32 Å². The normalized spacial score (nSPS) is 24.1. The summed E-state index contributed by atoms with van der Waals surface area (Å²) in [5, 5.41) is 15.6. The van der Waals surface area contributed by atoms with Gasteiger partial charge in [0.15, 0.2) is 0 Å². The maximum atomic E-state index is 14.7. The molecule has 1 aliphatic carbocycles. The van der Waals surface area contributed by atoms with E-state index >= 15 is 0 Å². The molecular weight excluding hydrogens is 416 g/mol. The minimum Gasteiger partial charge on any atom is -0.478 e. The first-order chi connectivity index (χ1) is 15.2. The zero-order chi connectivity index (χ0) is 23.5. The summed E-state index contributed by atoms with van der Waals surface area (Å²) in [6.07, 6.45) is 6.13. The van der Waals surface area contributed by atoms with E-state index in [4.69, 9.17) is 0 Å². The number of benzene rings is 1. The van der Waals surface area contributed by atoms with Crippen LogP contribution in [0.1, 0.15) is 56.8 Å². The minimum absolute atomic E-state index is 0.0799. The number of hydrogen-bond donors (Lipinski definition) is 3. The Morgan fingerprint density at radius 2 is 2.06 bits per heavy atom. The number of allylic oxidation sites excluding steroid dienone is 2. The molecule has 0 radical (unpaired) electrons. The van der Waals surface area contributed by atoms with E-state index in [-0.39, 0.29) is 30.3 Å². The molecule has 0 aromatic heterocycles. The molecule has 0 spiro atoms. The summed E-state index contributed by atoms with van der Waals surface area (Å²) in [5.74, 6) is -1.79. The second-order valence-corrected chi connectivity index (χ2v) is 8.82. The molecule has 6 nitrogen and oxygen atoms in total. The first-order valence-electron chi connectivity index (χ1n) is 11.0. The predicted octanol–water partition coefficient (Wildman–Crippen LogP) is 4.80. The van der Waals surface area contributed by atoms with Gasteiger partial charge in [-0.3, -0.25) is 9.18 Å². The molecule has 1 fully saturated rings. The lowest BCUT2D eigenvalue weighted by Crippen LogP contribution is -2.66. The fourth-order valence-corrected chi connectivity index (χ4v) is 4.01. The van der Waals surface area contributed by atoms with E-state index in [1.807, 2.05) is 11.8 Å². The van der Waals surface area contributed by atoms with E-state index < -0.39 is 29.8 Å². The fraction of sp³-hybridized carbons (Fsp3) is 0.500. The van der Waals surface area contributed by atoms with Gasteiger partial charge in [0.25, 0.3) is 0 Å². The molecule has 0 bridgehead atoms. The van der Waals surface area contributed by atoms with Crippen molar-refractivity contribution < 1.29 is 23.5 Å². The number of anilines is 2. The van der Waals surface area contributed by atoms with Gasteiger partial charge in [0.05, 0.1) is 35.0 Å². The highest BCUT2D eigenvalue weighted by molar-refractivity contribution is 5.92. The van der Waals surface area contributed by atoms with Crippen LogP contribution >= 0.6 is 0 Å². The zero-order valence-corrected chi connectivity index (χ0v) is 18.8. The van der Waals surface area contributed by atoms with Crippen molar-refractivity contribution in [3.63, 3.8) is 0 Å². The van der Waals surface area contributed by atoms with Gasteiger partial charge >= 0.3 is 5.97 Å². The van der Waals surface area contributed by atoms with Gasteiger partial charge in [0, 0.05) is 12.0 Å². The number of nitrogens with zero attached hydrogens (tertiary/aromatic N) is 1. The number of aromatic carboxylic acids is 1. The van der Waals surface area contributed by atoms with E-state index in [0.29, 0.717) is 30.6 Å². The van der Waals surface area contributed by atoms with Crippen LogP contribution in [-0.4, -0.2) is 41.9 Å². The van der Waals surface area contributed by atoms with Crippen LogP contribution in [0.15, 0.2) is 42.3 Å². The van der Waals surface area contributed by atoms with Gasteiger partial charge in [-0.1, -0.05) is 19.9 Å². The summed E-state index contributed by atoms with van der Waals surface area (Å²) in [6.45, 7) is 5.14. The van der Waals surface area contributed by atoms with Crippen LogP contribution in [0, 0.1) is 5.41 Å². The Labute approximate surface area is 187 Å². The number of alkyl halides is 1. The number of nitrogens with one attached hydrogen (secondary N) is 2. The minimum atomic E-state index is -1.11. The molecule has 2 atom stereocenters. The first-order valence-corrected chi connectivity index (χ1v) is 11.0. The highest BCUT2D eigenvalue weighted by atomic mass is 19.1. The first kappa shape index (κ1) is 23.8. The lowest BCUT2D eigenvalue weighted by atomic mass is 9.87. The van der Waals surface area contributed by atoms with Crippen LogP contribution in [0.5, 0.6) is 0 Å². The maximum Gasteiger partial charge on any atom is 0.335 e. The highest BCUT2D eigenvalue weighted by Crippen LogP contribution is 2.51. The third-order valence-corrected chi connectivity index (χ3v) is 6.31. The van der Waals surface area contributed by atoms with Crippen molar-refractivity contribution in [3.8, 4) is 0 Å². The average molecular weight is 448 g/mol. The van der Waals surface area contributed by atoms with Crippen LogP contribution in [0.25, 0.3) is 0 Å². The van der Waals surface area contributed by atoms with E-state index in [1.54, 1.807) is 26.0 Å². The molecule has 32 heavy (non-hydrogen) atoms. The Balaban J connectivity index is 2.13. The molecule has 1 amide bonds. The molecule has 3 rings (SSSR count). The molecule has 2 aliphatic rings. The van der Waals surface area contributed by atoms with Crippen molar-refractivity contribution in [3.05, 3.63) is 47.8 Å². The number of carbonyl (C=O) groups excluding carboxylic acids is 1. The zero-order valence-electron chi connectivity index (χ0n) is 18.8. The standard InChI is InChI=1S/C24H31F2N3O3/c1-4-6-7-20(30)28-22-23(3,13-17(26)5-2)29(15-24(14-25)10-11-24)19-12-16(21(31)32)8-9-18(19)27-22/h6-9,12-13,22,27H,4-5,10-11,14-15H2,1-3H3,(H,28,30)(H,31,32)/b7-6-,17-13+/t22-,23?/m0/s1. The second-order valence-electron chi connectivity index (χ2n) is 8.82. The molecule has 174 valence electrons. The fourth-order valence-electron chi connectivity index (χ4n) is 4.01. The molecule has 0 saturated heterocycles. The summed E-state index contributed by atoms with van der Waals surface area (Å²) in [4.78, 5) is 26.0. The summed E-state index contributed by atoms with van der Waals surface area (Å²) in [5.41, 5.74) is -0.442. The van der Waals surface area contributed by atoms with Gasteiger partial charge in [-0.25, -0.2) is 9.18 Å². The summed E-state index contributed by atoms with van der Waals surface area (Å²) in [6, 6.07) is 4.61. The Morgan fingerprint density at radius 1 is 1.34 bits per heavy atom. The molecule has 1 saturated carbocycles. The van der Waals surface area contributed by atoms with Gasteiger partial charge in [0.2, 0.25) is 5.91 Å². The molecule has 1 heterocycles. The molecule has 1 aliphatic heterocycles. The smallest absolute Gasteiger partial charge is 0.335 e. The average Bonchev–Trinajstić information content (AvgIpc) is 3.55. The van der Waals surface area contributed by atoms with Gasteiger partial charge < -0.3 is 20.6 Å². The second kappa shape index (κ2) is 9.30. The van der Waals surface area contributed by atoms with Gasteiger partial charge in [-0.15, -0.1) is 0 Å². The largest absolute Gasteiger partial charge is 0.478 e. The van der Waals surface area contributed by atoms with Crippen LogP contribution in [-0.2, 0) is 4.79 Å². The van der Waals surface area contributed by atoms with Crippen molar-refractivity contribution >= 4 is 23.3 Å². The maximum absolute atomic E-state index is 14.7. The van der Waals surface area contributed by atoms with E-state index in [1.165, 1.54) is 24.3 Å². The molecule has 3 N–H and O–H groups in total. The van der Waals surface area contributed by atoms with Crippen LogP contribution in [0.4, 0.5) is 20.2 Å². The third kappa shape index (κ3) is 4.79. The van der Waals surface area contributed by atoms with Crippen LogP contribution in [0.2, 0.25) is 0 Å². The lowest BCUT2D eigenvalue weighted by Gasteiger charge is -2.52. The van der Waals surface area contributed by atoms with Gasteiger partial charge in [0.1, 0.15) is 6.17 Å². The topological polar surface area (TPSA) is 81.7 Å². The van der Waals surface area contributed by atoms with E-state index in [2.05, 4.69) is 10.6 Å². The number of hydrogen-bond acceptors (Lipinski definition) is 4. The predicted molar refractivity (Wildman–Crippen MR) is 121 cm³/mol. The number of carboxylic acids is 1. The Bertz CT molecular complexity index is 942. The monoisotopic (exact) mass is 447 g/mol. The van der Waals surface area contributed by atoms with Crippen LogP contribution < -0.4 is 15.5 Å². The molecule has 8 heteroatoms. The number of rotatable bonds is 9. The number of amides is 1. The van der Waals surface area contributed by atoms with Gasteiger partial charge in [-0.05, 0) is 63.0 Å². The van der Waals surface area contributed by atoms with Crippen molar-refractivity contribution in [1.29, 1.82) is 0 Å². The molecular formula is C24H31F2N3O3. The number of halogens is 2. The van der Waals surface area contributed by atoms with Crippen molar-refractivity contribution in [2.45, 2.75) is 58.2 Å². The SMILES string of the molecule is CC/C=C\C(=O)N[C@@H]1Nc2ccc(C(=O)O)cc2N(CC2(CF)CC2)C1(C)/C=C(/F)CC. The summed E-state index contributed by atoms with van der Waals surface area (Å²) >= 11 is 0. The van der Waals surface area contributed by atoms with Crippen molar-refractivity contribution in [2.24, 2.45) is 5.41 Å². The Hall–Kier alpha value is -2.90. The molecule has 1 unspecified atom stereocenters. The van der Waals surface area contributed by atoms with Crippen LogP contribution in [0.3, 0.4) is 0 Å². The van der Waals surface area contributed by atoms with E-state index in [0.717, 1.165) is 0 Å². The van der Waals surface area contributed by atoms with E-state index in [9.17, 15) is 23.5 Å².